The van der Waals surface area contributed by atoms with Gasteiger partial charge < -0.3 is 5.32 Å². The van der Waals surface area contributed by atoms with Gasteiger partial charge in [0.2, 0.25) is 10.0 Å². The second kappa shape index (κ2) is 4.48. The second-order valence-corrected chi connectivity index (χ2v) is 5.61. The maximum absolute atomic E-state index is 12.6. The first-order valence-corrected chi connectivity index (χ1v) is 6.65. The average molecular weight is 244 g/mol. The van der Waals surface area contributed by atoms with Gasteiger partial charge in [-0.15, -0.1) is 0 Å². The lowest BCUT2D eigenvalue weighted by Gasteiger charge is -2.27. The van der Waals surface area contributed by atoms with Gasteiger partial charge in [-0.3, -0.25) is 0 Å². The van der Waals surface area contributed by atoms with Crippen molar-refractivity contribution in [3.8, 4) is 0 Å². The molecule has 0 spiro atoms. The van der Waals surface area contributed by atoms with Crippen molar-refractivity contribution in [2.24, 2.45) is 0 Å². The van der Waals surface area contributed by atoms with Crippen LogP contribution in [-0.4, -0.2) is 27.5 Å². The Kier molecular flexibility index (Phi) is 3.22. The van der Waals surface area contributed by atoms with Crippen molar-refractivity contribution in [1.82, 2.24) is 10.0 Å². The van der Waals surface area contributed by atoms with Crippen molar-refractivity contribution in [2.75, 3.05) is 13.1 Å². The molecule has 1 fully saturated rings. The fourth-order valence-electron chi connectivity index (χ4n) is 1.47. The van der Waals surface area contributed by atoms with Crippen molar-refractivity contribution < 1.29 is 12.8 Å². The lowest BCUT2D eigenvalue weighted by atomic mass is 10.2. The third-order valence-electron chi connectivity index (χ3n) is 2.40. The highest BCUT2D eigenvalue weighted by atomic mass is 32.2. The van der Waals surface area contributed by atoms with Gasteiger partial charge in [-0.1, -0.05) is 12.1 Å². The van der Waals surface area contributed by atoms with Crippen LogP contribution in [0.2, 0.25) is 0 Å². The number of benzene rings is 1. The topological polar surface area (TPSA) is 58.2 Å². The van der Waals surface area contributed by atoms with E-state index in [1.165, 1.54) is 24.3 Å². The summed E-state index contributed by atoms with van der Waals surface area (Å²) in [5.74, 6) is -0.471. The summed E-state index contributed by atoms with van der Waals surface area (Å²) in [7, 11) is -3.32. The Balaban J connectivity index is 1.99. The molecule has 0 atom stereocenters. The van der Waals surface area contributed by atoms with Crippen LogP contribution >= 0.6 is 0 Å². The average Bonchev–Trinajstić information content (AvgIpc) is 2.16. The molecule has 0 amide bonds. The van der Waals surface area contributed by atoms with Gasteiger partial charge in [0, 0.05) is 19.1 Å². The normalized spacial score (nSPS) is 17.1. The van der Waals surface area contributed by atoms with E-state index in [1.807, 2.05) is 0 Å². The summed E-state index contributed by atoms with van der Waals surface area (Å²) in [5, 5.41) is 2.98. The van der Waals surface area contributed by atoms with Gasteiger partial charge in [0.25, 0.3) is 0 Å². The summed E-state index contributed by atoms with van der Waals surface area (Å²) in [5.41, 5.74) is 0.584. The largest absolute Gasteiger partial charge is 0.313 e. The summed E-state index contributed by atoms with van der Waals surface area (Å²) in [6.07, 6.45) is 0. The summed E-state index contributed by atoms with van der Waals surface area (Å²) in [6.45, 7) is 1.34. The molecule has 1 aromatic rings. The molecule has 88 valence electrons. The van der Waals surface area contributed by atoms with Gasteiger partial charge >= 0.3 is 0 Å². The van der Waals surface area contributed by atoms with Crippen LogP contribution in [0.4, 0.5) is 4.39 Å². The molecule has 0 aliphatic carbocycles. The van der Waals surface area contributed by atoms with Crippen LogP contribution in [-0.2, 0) is 15.8 Å². The molecule has 1 heterocycles. The molecule has 0 bridgehead atoms. The van der Waals surface area contributed by atoms with Gasteiger partial charge in [0.15, 0.2) is 0 Å². The highest BCUT2D eigenvalue weighted by molar-refractivity contribution is 7.88. The highest BCUT2D eigenvalue weighted by Gasteiger charge is 2.22. The van der Waals surface area contributed by atoms with Gasteiger partial charge in [-0.05, 0) is 17.7 Å². The molecule has 6 heteroatoms. The molecule has 1 aliphatic rings. The first kappa shape index (κ1) is 11.5. The Bertz CT molecular complexity index is 454. The molecule has 1 aliphatic heterocycles. The lowest BCUT2D eigenvalue weighted by molar-refractivity contribution is 0.410. The van der Waals surface area contributed by atoms with E-state index in [0.29, 0.717) is 18.7 Å². The molecule has 2 rings (SSSR count). The number of rotatable bonds is 4. The van der Waals surface area contributed by atoms with Crippen LogP contribution in [0.1, 0.15) is 5.56 Å². The van der Waals surface area contributed by atoms with Crippen LogP contribution < -0.4 is 10.0 Å². The maximum atomic E-state index is 12.6. The number of nitrogens with one attached hydrogen (secondary N) is 2. The molecular weight excluding hydrogens is 231 g/mol. The third kappa shape index (κ3) is 3.01. The van der Waals surface area contributed by atoms with E-state index in [1.54, 1.807) is 0 Å². The molecule has 2 N–H and O–H groups in total. The molecule has 0 radical (unpaired) electrons. The monoisotopic (exact) mass is 244 g/mol. The third-order valence-corrected chi connectivity index (χ3v) is 3.80. The highest BCUT2D eigenvalue weighted by Crippen LogP contribution is 2.07. The fourth-order valence-corrected chi connectivity index (χ4v) is 2.86. The number of hydrogen-bond donors (Lipinski definition) is 2. The summed E-state index contributed by atoms with van der Waals surface area (Å²) >= 11 is 0. The van der Waals surface area contributed by atoms with Gasteiger partial charge in [-0.2, -0.15) is 0 Å². The predicted octanol–water partition coefficient (Wildman–Crippen LogP) is 0.217. The lowest BCUT2D eigenvalue weighted by Crippen LogP contribution is -2.56. The van der Waals surface area contributed by atoms with Crippen LogP contribution in [0, 0.1) is 5.82 Å². The quantitative estimate of drug-likeness (QED) is 0.796. The molecule has 0 aromatic heterocycles. The molecule has 16 heavy (non-hydrogen) atoms. The standard InChI is InChI=1S/C10H13FN2O2S/c11-9-3-1-8(2-4-9)7-16(14,15)13-10-5-12-6-10/h1-4,10,12-13H,5-7H2. The first-order chi connectivity index (χ1) is 7.55. The minimum Gasteiger partial charge on any atom is -0.313 e. The Morgan fingerprint density at radius 2 is 1.94 bits per heavy atom. The minimum absolute atomic E-state index is 0.00884. The van der Waals surface area contributed by atoms with Gasteiger partial charge in [-0.25, -0.2) is 17.5 Å². The fraction of sp³-hybridized carbons (Fsp3) is 0.400. The van der Waals surface area contributed by atoms with Crippen molar-refractivity contribution in [2.45, 2.75) is 11.8 Å². The zero-order valence-electron chi connectivity index (χ0n) is 8.61. The maximum Gasteiger partial charge on any atom is 0.216 e. The van der Waals surface area contributed by atoms with Crippen LogP contribution in [0.15, 0.2) is 24.3 Å². The van der Waals surface area contributed by atoms with Crippen molar-refractivity contribution in [3.05, 3.63) is 35.6 Å². The van der Waals surface area contributed by atoms with E-state index in [0.717, 1.165) is 0 Å². The van der Waals surface area contributed by atoms with Crippen LogP contribution in [0.25, 0.3) is 0 Å². The van der Waals surface area contributed by atoms with E-state index in [4.69, 9.17) is 0 Å². The van der Waals surface area contributed by atoms with Crippen molar-refractivity contribution >= 4 is 10.0 Å². The smallest absolute Gasteiger partial charge is 0.216 e. The summed E-state index contributed by atoms with van der Waals surface area (Å²) in [6, 6.07) is 5.47. The molecule has 4 nitrogen and oxygen atoms in total. The van der Waals surface area contributed by atoms with E-state index < -0.39 is 10.0 Å². The van der Waals surface area contributed by atoms with E-state index in [2.05, 4.69) is 10.0 Å². The van der Waals surface area contributed by atoms with Crippen LogP contribution in [0.3, 0.4) is 0 Å². The first-order valence-electron chi connectivity index (χ1n) is 5.00. The van der Waals surface area contributed by atoms with E-state index >= 15 is 0 Å². The zero-order valence-corrected chi connectivity index (χ0v) is 9.43. The Hall–Kier alpha value is -0.980. The van der Waals surface area contributed by atoms with Gasteiger partial charge in [0.1, 0.15) is 5.82 Å². The van der Waals surface area contributed by atoms with Crippen molar-refractivity contribution in [3.63, 3.8) is 0 Å². The molecule has 1 saturated heterocycles. The van der Waals surface area contributed by atoms with Crippen molar-refractivity contribution in [1.29, 1.82) is 0 Å². The zero-order chi connectivity index (χ0) is 11.6. The summed E-state index contributed by atoms with van der Waals surface area (Å²) in [4.78, 5) is 0. The van der Waals surface area contributed by atoms with Crippen LogP contribution in [0.5, 0.6) is 0 Å². The molecular formula is C10H13FN2O2S. The number of sulfonamides is 1. The Labute approximate surface area is 93.9 Å². The Morgan fingerprint density at radius 3 is 2.44 bits per heavy atom. The number of halogens is 1. The number of hydrogen-bond acceptors (Lipinski definition) is 3. The second-order valence-electron chi connectivity index (χ2n) is 3.86. The molecule has 1 aromatic carbocycles. The SMILES string of the molecule is O=S(=O)(Cc1ccc(F)cc1)NC1CNC1. The van der Waals surface area contributed by atoms with Gasteiger partial charge in [0.05, 0.1) is 5.75 Å². The Morgan fingerprint density at radius 1 is 1.31 bits per heavy atom. The predicted molar refractivity (Wildman–Crippen MR) is 58.8 cm³/mol. The van der Waals surface area contributed by atoms with E-state index in [9.17, 15) is 12.8 Å². The van der Waals surface area contributed by atoms with E-state index in [-0.39, 0.29) is 17.6 Å². The minimum atomic E-state index is -3.32. The summed E-state index contributed by atoms with van der Waals surface area (Å²) < 4.78 is 38.5. The molecule has 0 saturated carbocycles. The molecule has 0 unspecified atom stereocenters.